The molecule has 0 aliphatic heterocycles. The summed E-state index contributed by atoms with van der Waals surface area (Å²) in [6.07, 6.45) is -0.681. The van der Waals surface area contributed by atoms with Crippen LogP contribution in [-0.4, -0.2) is 17.8 Å². The number of aliphatic hydroxyl groups excluding tert-OH is 1. The van der Waals surface area contributed by atoms with Crippen molar-refractivity contribution in [2.75, 3.05) is 6.61 Å². The standard InChI is InChI=1S/C10H10ClNO2/c11-8-2-1-3-10(6-8)14-7-9(13)4-5-12/h1-3,6,9,13H,4,7H2. The molecule has 0 fully saturated rings. The summed E-state index contributed by atoms with van der Waals surface area (Å²) in [5, 5.41) is 18.1. The first kappa shape index (κ1) is 10.8. The van der Waals surface area contributed by atoms with Gasteiger partial charge in [-0.3, -0.25) is 0 Å². The SMILES string of the molecule is N#CCC(O)COc1cccc(Cl)c1. The number of nitrogens with zero attached hydrogens (tertiary/aromatic N) is 1. The van der Waals surface area contributed by atoms with Crippen molar-refractivity contribution in [2.24, 2.45) is 0 Å². The zero-order valence-electron chi connectivity index (χ0n) is 7.48. The molecule has 0 aliphatic rings. The highest BCUT2D eigenvalue weighted by Crippen LogP contribution is 2.17. The van der Waals surface area contributed by atoms with Crippen molar-refractivity contribution in [1.82, 2.24) is 0 Å². The molecule has 0 saturated carbocycles. The van der Waals surface area contributed by atoms with Crippen LogP contribution in [-0.2, 0) is 0 Å². The van der Waals surface area contributed by atoms with E-state index in [-0.39, 0.29) is 13.0 Å². The summed E-state index contributed by atoms with van der Waals surface area (Å²) in [5.41, 5.74) is 0. The highest BCUT2D eigenvalue weighted by Gasteiger charge is 2.03. The van der Waals surface area contributed by atoms with Gasteiger partial charge in [0, 0.05) is 5.02 Å². The van der Waals surface area contributed by atoms with Gasteiger partial charge in [0.15, 0.2) is 0 Å². The zero-order valence-corrected chi connectivity index (χ0v) is 8.24. The maximum absolute atomic E-state index is 9.20. The number of aliphatic hydroxyl groups is 1. The molecule has 1 N–H and O–H groups in total. The van der Waals surface area contributed by atoms with E-state index in [1.807, 2.05) is 6.07 Å². The molecular weight excluding hydrogens is 202 g/mol. The van der Waals surface area contributed by atoms with Gasteiger partial charge in [-0.1, -0.05) is 17.7 Å². The van der Waals surface area contributed by atoms with E-state index >= 15 is 0 Å². The van der Waals surface area contributed by atoms with Gasteiger partial charge in [-0.05, 0) is 18.2 Å². The molecule has 0 radical (unpaired) electrons. The van der Waals surface area contributed by atoms with Crippen LogP contribution >= 0.6 is 11.6 Å². The molecule has 1 unspecified atom stereocenters. The molecule has 3 nitrogen and oxygen atoms in total. The van der Waals surface area contributed by atoms with Crippen LogP contribution in [0, 0.1) is 11.3 Å². The Balaban J connectivity index is 2.42. The van der Waals surface area contributed by atoms with Crippen molar-refractivity contribution < 1.29 is 9.84 Å². The Morgan fingerprint density at radius 1 is 1.57 bits per heavy atom. The summed E-state index contributed by atoms with van der Waals surface area (Å²) in [6, 6.07) is 8.75. The Kier molecular flexibility index (Phi) is 4.24. The van der Waals surface area contributed by atoms with Gasteiger partial charge in [-0.15, -0.1) is 0 Å². The number of ether oxygens (including phenoxy) is 1. The Bertz CT molecular complexity index is 335. The number of hydrogen-bond acceptors (Lipinski definition) is 3. The normalized spacial score (nSPS) is 11.8. The molecule has 1 rings (SSSR count). The largest absolute Gasteiger partial charge is 0.491 e. The molecule has 1 aromatic rings. The summed E-state index contributed by atoms with van der Waals surface area (Å²) in [5.74, 6) is 0.592. The second-order valence-electron chi connectivity index (χ2n) is 2.78. The first-order valence-corrected chi connectivity index (χ1v) is 4.53. The minimum absolute atomic E-state index is 0.0700. The lowest BCUT2D eigenvalue weighted by Crippen LogP contribution is -2.16. The molecule has 0 amide bonds. The number of hydrogen-bond donors (Lipinski definition) is 1. The van der Waals surface area contributed by atoms with E-state index in [4.69, 9.17) is 21.6 Å². The molecule has 0 heterocycles. The Morgan fingerprint density at radius 2 is 2.36 bits per heavy atom. The zero-order chi connectivity index (χ0) is 10.4. The van der Waals surface area contributed by atoms with Gasteiger partial charge in [-0.25, -0.2) is 0 Å². The highest BCUT2D eigenvalue weighted by molar-refractivity contribution is 6.30. The van der Waals surface area contributed by atoms with Crippen LogP contribution < -0.4 is 4.74 Å². The first-order valence-electron chi connectivity index (χ1n) is 4.16. The van der Waals surface area contributed by atoms with Gasteiger partial charge in [0.25, 0.3) is 0 Å². The molecule has 0 spiro atoms. The molecule has 74 valence electrons. The molecular formula is C10H10ClNO2. The minimum atomic E-state index is -0.751. The maximum Gasteiger partial charge on any atom is 0.120 e. The molecule has 4 heteroatoms. The number of halogens is 1. The van der Waals surface area contributed by atoms with Crippen LogP contribution in [0.4, 0.5) is 0 Å². The quantitative estimate of drug-likeness (QED) is 0.829. The molecule has 14 heavy (non-hydrogen) atoms. The lowest BCUT2D eigenvalue weighted by atomic mass is 10.3. The summed E-state index contributed by atoms with van der Waals surface area (Å²) < 4.78 is 5.22. The van der Waals surface area contributed by atoms with Crippen LogP contribution in [0.15, 0.2) is 24.3 Å². The minimum Gasteiger partial charge on any atom is -0.491 e. The summed E-state index contributed by atoms with van der Waals surface area (Å²) in [7, 11) is 0. The molecule has 0 aliphatic carbocycles. The first-order chi connectivity index (χ1) is 6.72. The van der Waals surface area contributed by atoms with Crippen LogP contribution in [0.5, 0.6) is 5.75 Å². The number of nitriles is 1. The van der Waals surface area contributed by atoms with E-state index < -0.39 is 6.10 Å². The number of benzene rings is 1. The monoisotopic (exact) mass is 211 g/mol. The van der Waals surface area contributed by atoms with Crippen molar-refractivity contribution in [3.8, 4) is 11.8 Å². The van der Waals surface area contributed by atoms with Gasteiger partial charge in [0.2, 0.25) is 0 Å². The van der Waals surface area contributed by atoms with E-state index in [2.05, 4.69) is 0 Å². The topological polar surface area (TPSA) is 53.2 Å². The third-order valence-corrected chi connectivity index (χ3v) is 1.80. The highest BCUT2D eigenvalue weighted by atomic mass is 35.5. The average Bonchev–Trinajstić information content (AvgIpc) is 2.15. The van der Waals surface area contributed by atoms with Gasteiger partial charge < -0.3 is 9.84 Å². The Morgan fingerprint density at radius 3 is 3.00 bits per heavy atom. The van der Waals surface area contributed by atoms with Crippen molar-refractivity contribution in [3.63, 3.8) is 0 Å². The average molecular weight is 212 g/mol. The fourth-order valence-electron chi connectivity index (χ4n) is 0.914. The number of rotatable bonds is 4. The van der Waals surface area contributed by atoms with Gasteiger partial charge in [-0.2, -0.15) is 5.26 Å². The second-order valence-corrected chi connectivity index (χ2v) is 3.22. The molecule has 1 atom stereocenters. The van der Waals surface area contributed by atoms with Crippen molar-refractivity contribution >= 4 is 11.6 Å². The third kappa shape index (κ3) is 3.65. The fourth-order valence-corrected chi connectivity index (χ4v) is 1.09. The predicted molar refractivity (Wildman–Crippen MR) is 53.2 cm³/mol. The Labute approximate surface area is 87.5 Å². The van der Waals surface area contributed by atoms with E-state index in [0.717, 1.165) is 0 Å². The van der Waals surface area contributed by atoms with Crippen molar-refractivity contribution in [1.29, 1.82) is 5.26 Å². The molecule has 1 aromatic carbocycles. The molecule has 0 saturated heterocycles. The van der Waals surface area contributed by atoms with E-state index in [1.165, 1.54) is 0 Å². The lowest BCUT2D eigenvalue weighted by molar-refractivity contribution is 0.111. The van der Waals surface area contributed by atoms with E-state index in [1.54, 1.807) is 24.3 Å². The van der Waals surface area contributed by atoms with Crippen LogP contribution in [0.1, 0.15) is 6.42 Å². The molecule has 0 bridgehead atoms. The smallest absolute Gasteiger partial charge is 0.120 e. The van der Waals surface area contributed by atoms with E-state index in [9.17, 15) is 5.11 Å². The lowest BCUT2D eigenvalue weighted by Gasteiger charge is -2.09. The van der Waals surface area contributed by atoms with Crippen molar-refractivity contribution in [3.05, 3.63) is 29.3 Å². The second kappa shape index (κ2) is 5.48. The van der Waals surface area contributed by atoms with Gasteiger partial charge in [0.05, 0.1) is 12.5 Å². The predicted octanol–water partition coefficient (Wildman–Crippen LogP) is 1.99. The van der Waals surface area contributed by atoms with E-state index in [0.29, 0.717) is 10.8 Å². The summed E-state index contributed by atoms with van der Waals surface area (Å²) >= 11 is 5.73. The maximum atomic E-state index is 9.20. The molecule has 0 aromatic heterocycles. The summed E-state index contributed by atoms with van der Waals surface area (Å²) in [4.78, 5) is 0. The summed E-state index contributed by atoms with van der Waals surface area (Å²) in [6.45, 7) is 0.105. The van der Waals surface area contributed by atoms with Crippen molar-refractivity contribution in [2.45, 2.75) is 12.5 Å². The Hall–Kier alpha value is -1.24. The fraction of sp³-hybridized carbons (Fsp3) is 0.300. The van der Waals surface area contributed by atoms with Gasteiger partial charge >= 0.3 is 0 Å². The van der Waals surface area contributed by atoms with Crippen LogP contribution in [0.25, 0.3) is 0 Å². The third-order valence-electron chi connectivity index (χ3n) is 1.57. The van der Waals surface area contributed by atoms with Crippen LogP contribution in [0.2, 0.25) is 5.02 Å². The van der Waals surface area contributed by atoms with Gasteiger partial charge in [0.1, 0.15) is 18.5 Å². The van der Waals surface area contributed by atoms with Crippen LogP contribution in [0.3, 0.4) is 0 Å².